The van der Waals surface area contributed by atoms with Gasteiger partial charge in [-0.1, -0.05) is 34.1 Å². The van der Waals surface area contributed by atoms with Crippen molar-refractivity contribution in [2.45, 2.75) is 17.9 Å². The fourth-order valence-corrected chi connectivity index (χ4v) is 4.16. The van der Waals surface area contributed by atoms with E-state index < -0.39 is 10.0 Å². The number of nitrogens with zero attached hydrogens (tertiary/aromatic N) is 1. The maximum absolute atomic E-state index is 12.6. The van der Waals surface area contributed by atoms with Crippen LogP contribution in [0.1, 0.15) is 18.5 Å². The van der Waals surface area contributed by atoms with Crippen LogP contribution in [0.25, 0.3) is 0 Å². The van der Waals surface area contributed by atoms with Crippen molar-refractivity contribution < 1.29 is 17.9 Å². The first-order valence-electron chi connectivity index (χ1n) is 7.90. The minimum absolute atomic E-state index is 0.104. The van der Waals surface area contributed by atoms with Crippen molar-refractivity contribution in [3.8, 4) is 5.75 Å². The van der Waals surface area contributed by atoms with Crippen LogP contribution in [0.4, 0.5) is 0 Å². The van der Waals surface area contributed by atoms with Gasteiger partial charge >= 0.3 is 0 Å². The molecular formula is C18H21BrN2O4S. The third kappa shape index (κ3) is 4.84. The molecule has 0 saturated carbocycles. The van der Waals surface area contributed by atoms with Crippen molar-refractivity contribution in [2.75, 3.05) is 20.7 Å². The van der Waals surface area contributed by atoms with Gasteiger partial charge in [0.15, 0.2) is 0 Å². The molecule has 140 valence electrons. The summed E-state index contributed by atoms with van der Waals surface area (Å²) >= 11 is 3.44. The molecule has 0 bridgehead atoms. The quantitative estimate of drug-likeness (QED) is 0.717. The highest BCUT2D eigenvalue weighted by molar-refractivity contribution is 9.10. The molecule has 0 aliphatic heterocycles. The number of carbonyl (C=O) groups excluding carboxylic acids is 1. The molecule has 1 atom stereocenters. The molecule has 0 unspecified atom stereocenters. The van der Waals surface area contributed by atoms with Gasteiger partial charge in [-0.2, -0.15) is 4.31 Å². The lowest BCUT2D eigenvalue weighted by molar-refractivity contribution is -0.121. The lowest BCUT2D eigenvalue weighted by atomic mass is 10.1. The lowest BCUT2D eigenvalue weighted by Crippen LogP contribution is -2.39. The van der Waals surface area contributed by atoms with E-state index in [0.29, 0.717) is 5.75 Å². The van der Waals surface area contributed by atoms with Gasteiger partial charge in [0.05, 0.1) is 24.6 Å². The zero-order valence-corrected chi connectivity index (χ0v) is 17.2. The molecule has 0 heterocycles. The number of carbonyl (C=O) groups is 1. The van der Waals surface area contributed by atoms with E-state index in [1.807, 2.05) is 31.2 Å². The van der Waals surface area contributed by atoms with Crippen molar-refractivity contribution in [1.82, 2.24) is 9.62 Å². The van der Waals surface area contributed by atoms with Gasteiger partial charge < -0.3 is 10.1 Å². The highest BCUT2D eigenvalue weighted by Gasteiger charge is 2.23. The summed E-state index contributed by atoms with van der Waals surface area (Å²) < 4.78 is 32.1. The Morgan fingerprint density at radius 3 is 2.38 bits per heavy atom. The number of sulfonamides is 1. The number of amides is 1. The van der Waals surface area contributed by atoms with E-state index in [-0.39, 0.29) is 23.4 Å². The molecule has 1 N–H and O–H groups in total. The summed E-state index contributed by atoms with van der Waals surface area (Å²) in [6.45, 7) is 1.57. The highest BCUT2D eigenvalue weighted by atomic mass is 79.9. The molecule has 0 saturated heterocycles. The number of nitrogens with one attached hydrogen (secondary N) is 1. The Hall–Kier alpha value is -1.90. The summed E-state index contributed by atoms with van der Waals surface area (Å²) in [6, 6.07) is 13.3. The van der Waals surface area contributed by atoms with E-state index in [1.165, 1.54) is 26.3 Å². The molecule has 0 aliphatic carbocycles. The SMILES string of the molecule is COc1ccc(S(=O)(=O)N(C)CC(=O)N[C@@H](C)c2ccccc2Br)cc1. The topological polar surface area (TPSA) is 75.7 Å². The standard InChI is InChI=1S/C18H21BrN2O4S/c1-13(16-6-4-5-7-17(16)19)20-18(22)12-21(2)26(23,24)15-10-8-14(25-3)9-11-15/h4-11,13H,12H2,1-3H3,(H,20,22)/t13-/m0/s1. The lowest BCUT2D eigenvalue weighted by Gasteiger charge is -2.20. The minimum Gasteiger partial charge on any atom is -0.497 e. The summed E-state index contributed by atoms with van der Waals surface area (Å²) in [5.41, 5.74) is 0.918. The molecule has 2 rings (SSSR count). The number of hydrogen-bond donors (Lipinski definition) is 1. The number of likely N-dealkylation sites (N-methyl/N-ethyl adjacent to an activating group) is 1. The Bertz CT molecular complexity index is 869. The van der Waals surface area contributed by atoms with Gasteiger partial charge in [-0.05, 0) is 42.8 Å². The summed E-state index contributed by atoms with van der Waals surface area (Å²) in [5, 5.41) is 2.81. The van der Waals surface area contributed by atoms with Crippen LogP contribution >= 0.6 is 15.9 Å². The summed E-state index contributed by atoms with van der Waals surface area (Å²) in [7, 11) is -0.877. The Morgan fingerprint density at radius 1 is 1.19 bits per heavy atom. The molecule has 0 radical (unpaired) electrons. The molecule has 2 aromatic carbocycles. The van der Waals surface area contributed by atoms with Crippen LogP contribution in [-0.2, 0) is 14.8 Å². The van der Waals surface area contributed by atoms with Crippen LogP contribution in [0.2, 0.25) is 0 Å². The van der Waals surface area contributed by atoms with Crippen molar-refractivity contribution in [3.05, 3.63) is 58.6 Å². The van der Waals surface area contributed by atoms with Crippen molar-refractivity contribution >= 4 is 31.9 Å². The Morgan fingerprint density at radius 2 is 1.81 bits per heavy atom. The largest absolute Gasteiger partial charge is 0.497 e. The van der Waals surface area contributed by atoms with Crippen LogP contribution in [0, 0.1) is 0 Å². The predicted octanol–water partition coefficient (Wildman–Crippen LogP) is 2.96. The molecule has 26 heavy (non-hydrogen) atoms. The monoisotopic (exact) mass is 440 g/mol. The molecule has 1 amide bonds. The van der Waals surface area contributed by atoms with Gasteiger partial charge in [0.25, 0.3) is 0 Å². The number of methoxy groups -OCH3 is 1. The second-order valence-electron chi connectivity index (χ2n) is 5.75. The third-order valence-electron chi connectivity index (χ3n) is 3.88. The van der Waals surface area contributed by atoms with Crippen LogP contribution in [-0.4, -0.2) is 39.3 Å². The van der Waals surface area contributed by atoms with Gasteiger partial charge in [0.2, 0.25) is 15.9 Å². The molecule has 0 spiro atoms. The van der Waals surface area contributed by atoms with Gasteiger partial charge in [-0.15, -0.1) is 0 Å². The van der Waals surface area contributed by atoms with Crippen molar-refractivity contribution in [2.24, 2.45) is 0 Å². The number of halogens is 1. The van der Waals surface area contributed by atoms with Gasteiger partial charge in [0.1, 0.15) is 5.75 Å². The summed E-state index contributed by atoms with van der Waals surface area (Å²) in [6.07, 6.45) is 0. The normalized spacial score (nSPS) is 12.7. The number of ether oxygens (including phenoxy) is 1. The fourth-order valence-electron chi connectivity index (χ4n) is 2.41. The van der Waals surface area contributed by atoms with Crippen LogP contribution in [0.5, 0.6) is 5.75 Å². The minimum atomic E-state index is -3.76. The van der Waals surface area contributed by atoms with Crippen LogP contribution < -0.4 is 10.1 Å². The summed E-state index contributed by atoms with van der Waals surface area (Å²) in [4.78, 5) is 12.4. The van der Waals surface area contributed by atoms with E-state index in [1.54, 1.807) is 12.1 Å². The fraction of sp³-hybridized carbons (Fsp3) is 0.278. The number of benzene rings is 2. The predicted molar refractivity (Wildman–Crippen MR) is 104 cm³/mol. The van der Waals surface area contributed by atoms with Gasteiger partial charge in [0, 0.05) is 11.5 Å². The van der Waals surface area contributed by atoms with Crippen LogP contribution in [0.3, 0.4) is 0 Å². The van der Waals surface area contributed by atoms with E-state index in [9.17, 15) is 13.2 Å². The first-order valence-corrected chi connectivity index (χ1v) is 10.1. The Kier molecular flexibility index (Phi) is 6.80. The first-order chi connectivity index (χ1) is 12.3. The Balaban J connectivity index is 2.04. The zero-order chi connectivity index (χ0) is 19.3. The van der Waals surface area contributed by atoms with Gasteiger partial charge in [-0.3, -0.25) is 4.79 Å². The average Bonchev–Trinajstić information content (AvgIpc) is 2.61. The zero-order valence-electron chi connectivity index (χ0n) is 14.8. The molecule has 6 nitrogen and oxygen atoms in total. The molecule has 0 fully saturated rings. The van der Waals surface area contributed by atoms with E-state index >= 15 is 0 Å². The second-order valence-corrected chi connectivity index (χ2v) is 8.65. The van der Waals surface area contributed by atoms with Crippen molar-refractivity contribution in [1.29, 1.82) is 0 Å². The molecule has 2 aromatic rings. The third-order valence-corrected chi connectivity index (χ3v) is 6.42. The number of rotatable bonds is 7. The molecular weight excluding hydrogens is 420 g/mol. The number of hydrogen-bond acceptors (Lipinski definition) is 4. The maximum Gasteiger partial charge on any atom is 0.243 e. The van der Waals surface area contributed by atoms with E-state index in [0.717, 1.165) is 14.3 Å². The van der Waals surface area contributed by atoms with Crippen molar-refractivity contribution in [3.63, 3.8) is 0 Å². The molecule has 8 heteroatoms. The van der Waals surface area contributed by atoms with E-state index in [4.69, 9.17) is 4.74 Å². The second kappa shape index (κ2) is 8.66. The summed E-state index contributed by atoms with van der Waals surface area (Å²) in [5.74, 6) is 0.180. The van der Waals surface area contributed by atoms with Gasteiger partial charge in [-0.25, -0.2) is 8.42 Å². The first kappa shape index (κ1) is 20.4. The van der Waals surface area contributed by atoms with Crippen LogP contribution in [0.15, 0.2) is 57.9 Å². The average molecular weight is 441 g/mol. The van der Waals surface area contributed by atoms with E-state index in [2.05, 4.69) is 21.2 Å². The smallest absolute Gasteiger partial charge is 0.243 e. The Labute approximate surface area is 162 Å². The maximum atomic E-state index is 12.6. The molecule has 0 aliphatic rings. The molecule has 0 aromatic heterocycles. The highest BCUT2D eigenvalue weighted by Crippen LogP contribution is 2.23.